The quantitative estimate of drug-likeness (QED) is 0.861. The van der Waals surface area contributed by atoms with Crippen molar-refractivity contribution >= 4 is 46.4 Å². The third kappa shape index (κ3) is 4.49. The minimum absolute atomic E-state index is 0.109. The Kier molecular flexibility index (Phi) is 5.86. The maximum atomic E-state index is 12.3. The zero-order valence-electron chi connectivity index (χ0n) is 13.7. The molecule has 2 amide bonds. The SMILES string of the molecule is CC(=O)N(CC(=O)Nc1cc(Cl)ccc1Cl)c1ccc(C)cc1C. The lowest BCUT2D eigenvalue weighted by atomic mass is 10.1. The van der Waals surface area contributed by atoms with Gasteiger partial charge in [0.1, 0.15) is 6.54 Å². The van der Waals surface area contributed by atoms with E-state index >= 15 is 0 Å². The molecule has 0 aliphatic heterocycles. The van der Waals surface area contributed by atoms with Crippen LogP contribution in [-0.4, -0.2) is 18.4 Å². The molecule has 24 heavy (non-hydrogen) atoms. The standard InChI is InChI=1S/C18H18Cl2N2O2/c1-11-4-7-17(12(2)8-11)22(13(3)23)10-18(24)21-16-9-14(19)5-6-15(16)20/h4-9H,10H2,1-3H3,(H,21,24). The Morgan fingerprint density at radius 2 is 1.79 bits per heavy atom. The molecule has 0 fully saturated rings. The van der Waals surface area contributed by atoms with Gasteiger partial charge in [0, 0.05) is 17.6 Å². The third-order valence-corrected chi connectivity index (χ3v) is 4.09. The fourth-order valence-electron chi connectivity index (χ4n) is 2.40. The molecule has 2 aromatic rings. The zero-order valence-corrected chi connectivity index (χ0v) is 15.2. The highest BCUT2D eigenvalue weighted by atomic mass is 35.5. The molecule has 0 spiro atoms. The maximum Gasteiger partial charge on any atom is 0.244 e. The summed E-state index contributed by atoms with van der Waals surface area (Å²) < 4.78 is 0. The Morgan fingerprint density at radius 1 is 1.08 bits per heavy atom. The lowest BCUT2D eigenvalue weighted by Gasteiger charge is -2.23. The fraction of sp³-hybridized carbons (Fsp3) is 0.222. The summed E-state index contributed by atoms with van der Waals surface area (Å²) in [5.74, 6) is -0.566. The number of benzene rings is 2. The normalized spacial score (nSPS) is 10.4. The van der Waals surface area contributed by atoms with E-state index in [1.807, 2.05) is 32.0 Å². The highest BCUT2D eigenvalue weighted by Crippen LogP contribution is 2.26. The predicted molar refractivity (Wildman–Crippen MR) is 99.0 cm³/mol. The minimum Gasteiger partial charge on any atom is -0.323 e. The first kappa shape index (κ1) is 18.3. The Balaban J connectivity index is 2.20. The molecule has 0 saturated carbocycles. The molecule has 0 bridgehead atoms. The number of nitrogens with one attached hydrogen (secondary N) is 1. The van der Waals surface area contributed by atoms with E-state index in [-0.39, 0.29) is 18.4 Å². The first-order valence-corrected chi connectivity index (χ1v) is 8.14. The number of rotatable bonds is 4. The molecule has 0 heterocycles. The van der Waals surface area contributed by atoms with E-state index < -0.39 is 0 Å². The van der Waals surface area contributed by atoms with E-state index in [4.69, 9.17) is 23.2 Å². The number of halogens is 2. The van der Waals surface area contributed by atoms with Crippen LogP contribution in [0.4, 0.5) is 11.4 Å². The molecule has 0 aliphatic rings. The van der Waals surface area contributed by atoms with Crippen molar-refractivity contribution in [2.24, 2.45) is 0 Å². The van der Waals surface area contributed by atoms with E-state index in [0.29, 0.717) is 21.4 Å². The lowest BCUT2D eigenvalue weighted by molar-refractivity contribution is -0.120. The van der Waals surface area contributed by atoms with Gasteiger partial charge in [-0.3, -0.25) is 9.59 Å². The number of hydrogen-bond donors (Lipinski definition) is 1. The molecular formula is C18H18Cl2N2O2. The fourth-order valence-corrected chi connectivity index (χ4v) is 2.74. The van der Waals surface area contributed by atoms with Gasteiger partial charge in [0.2, 0.25) is 11.8 Å². The van der Waals surface area contributed by atoms with Gasteiger partial charge in [-0.2, -0.15) is 0 Å². The average Bonchev–Trinajstić information content (AvgIpc) is 2.49. The van der Waals surface area contributed by atoms with Crippen molar-refractivity contribution in [3.63, 3.8) is 0 Å². The summed E-state index contributed by atoms with van der Waals surface area (Å²) in [4.78, 5) is 25.8. The van der Waals surface area contributed by atoms with Gasteiger partial charge in [0.25, 0.3) is 0 Å². The number of carbonyl (C=O) groups excluding carboxylic acids is 2. The van der Waals surface area contributed by atoms with Crippen LogP contribution in [0.15, 0.2) is 36.4 Å². The van der Waals surface area contributed by atoms with Gasteiger partial charge < -0.3 is 10.2 Å². The van der Waals surface area contributed by atoms with E-state index in [0.717, 1.165) is 11.1 Å². The topological polar surface area (TPSA) is 49.4 Å². The second-order valence-corrected chi connectivity index (χ2v) is 6.41. The van der Waals surface area contributed by atoms with E-state index in [1.54, 1.807) is 18.2 Å². The number of carbonyl (C=O) groups is 2. The molecule has 0 aliphatic carbocycles. The molecule has 4 nitrogen and oxygen atoms in total. The van der Waals surface area contributed by atoms with Gasteiger partial charge in [-0.15, -0.1) is 0 Å². The third-order valence-electron chi connectivity index (χ3n) is 3.53. The smallest absolute Gasteiger partial charge is 0.244 e. The molecule has 2 rings (SSSR count). The van der Waals surface area contributed by atoms with Crippen LogP contribution in [0.3, 0.4) is 0 Å². The molecule has 0 saturated heterocycles. The number of anilines is 2. The molecule has 6 heteroatoms. The Hall–Kier alpha value is -2.04. The van der Waals surface area contributed by atoms with Crippen molar-refractivity contribution in [2.45, 2.75) is 20.8 Å². The molecular weight excluding hydrogens is 347 g/mol. The first-order chi connectivity index (χ1) is 11.3. The van der Waals surface area contributed by atoms with Gasteiger partial charge in [-0.25, -0.2) is 0 Å². The average molecular weight is 365 g/mol. The highest BCUT2D eigenvalue weighted by Gasteiger charge is 2.18. The summed E-state index contributed by atoms with van der Waals surface area (Å²) in [6, 6.07) is 10.5. The second kappa shape index (κ2) is 7.69. The molecule has 0 aromatic heterocycles. The van der Waals surface area contributed by atoms with Crippen LogP contribution in [0.1, 0.15) is 18.1 Å². The number of aryl methyl sites for hydroxylation is 2. The van der Waals surface area contributed by atoms with Crippen molar-refractivity contribution in [3.8, 4) is 0 Å². The van der Waals surface area contributed by atoms with Gasteiger partial charge in [0.15, 0.2) is 0 Å². The highest BCUT2D eigenvalue weighted by molar-refractivity contribution is 6.35. The summed E-state index contributed by atoms with van der Waals surface area (Å²) in [7, 11) is 0. The van der Waals surface area contributed by atoms with Crippen LogP contribution in [0, 0.1) is 13.8 Å². The van der Waals surface area contributed by atoms with Crippen LogP contribution in [0.5, 0.6) is 0 Å². The van der Waals surface area contributed by atoms with E-state index in [1.165, 1.54) is 11.8 Å². The first-order valence-electron chi connectivity index (χ1n) is 7.38. The monoisotopic (exact) mass is 364 g/mol. The second-order valence-electron chi connectivity index (χ2n) is 5.57. The van der Waals surface area contributed by atoms with Gasteiger partial charge in [-0.05, 0) is 43.7 Å². The summed E-state index contributed by atoms with van der Waals surface area (Å²) >= 11 is 12.0. The minimum atomic E-state index is -0.352. The Morgan fingerprint density at radius 3 is 2.42 bits per heavy atom. The van der Waals surface area contributed by atoms with Crippen LogP contribution < -0.4 is 10.2 Å². The molecule has 1 N–H and O–H groups in total. The molecule has 0 unspecified atom stereocenters. The maximum absolute atomic E-state index is 12.3. The lowest BCUT2D eigenvalue weighted by Crippen LogP contribution is -2.37. The Bertz CT molecular complexity index is 791. The number of nitrogens with zero attached hydrogens (tertiary/aromatic N) is 1. The molecule has 0 atom stereocenters. The number of hydrogen-bond acceptors (Lipinski definition) is 2. The van der Waals surface area contributed by atoms with Gasteiger partial charge in [-0.1, -0.05) is 40.9 Å². The summed E-state index contributed by atoms with van der Waals surface area (Å²) in [5.41, 5.74) is 3.15. The van der Waals surface area contributed by atoms with Gasteiger partial charge >= 0.3 is 0 Å². The predicted octanol–water partition coefficient (Wildman–Crippen LogP) is 4.60. The number of amides is 2. The summed E-state index contributed by atoms with van der Waals surface area (Å²) in [5, 5.41) is 3.54. The molecule has 2 aromatic carbocycles. The van der Waals surface area contributed by atoms with Crippen molar-refractivity contribution in [1.82, 2.24) is 0 Å². The van der Waals surface area contributed by atoms with Crippen molar-refractivity contribution in [3.05, 3.63) is 57.6 Å². The van der Waals surface area contributed by atoms with Crippen molar-refractivity contribution < 1.29 is 9.59 Å². The van der Waals surface area contributed by atoms with Crippen LogP contribution in [0.2, 0.25) is 10.0 Å². The van der Waals surface area contributed by atoms with Gasteiger partial charge in [0.05, 0.1) is 10.7 Å². The van der Waals surface area contributed by atoms with E-state index in [2.05, 4.69) is 5.32 Å². The van der Waals surface area contributed by atoms with Crippen LogP contribution in [0.25, 0.3) is 0 Å². The van der Waals surface area contributed by atoms with E-state index in [9.17, 15) is 9.59 Å². The van der Waals surface area contributed by atoms with Crippen LogP contribution in [-0.2, 0) is 9.59 Å². The van der Waals surface area contributed by atoms with Crippen LogP contribution >= 0.6 is 23.2 Å². The van der Waals surface area contributed by atoms with Crippen molar-refractivity contribution in [1.29, 1.82) is 0 Å². The summed E-state index contributed by atoms with van der Waals surface area (Å²) in [6.07, 6.45) is 0. The summed E-state index contributed by atoms with van der Waals surface area (Å²) in [6.45, 7) is 5.20. The van der Waals surface area contributed by atoms with Crippen molar-refractivity contribution in [2.75, 3.05) is 16.8 Å². The molecule has 0 radical (unpaired) electrons. The zero-order chi connectivity index (χ0) is 17.9. The molecule has 126 valence electrons. The Labute approximate surface area is 151 Å². The largest absolute Gasteiger partial charge is 0.323 e.